The molecule has 14 heavy (non-hydrogen) atoms. The molecule has 70 valence electrons. The molecule has 0 atom stereocenters. The molecule has 0 amide bonds. The van der Waals surface area contributed by atoms with Crippen LogP contribution in [0.3, 0.4) is 0 Å². The van der Waals surface area contributed by atoms with Crippen LogP contribution >= 0.6 is 0 Å². The average molecular weight is 186 g/mol. The Morgan fingerprint density at radius 2 is 2.00 bits per heavy atom. The third-order valence-corrected chi connectivity index (χ3v) is 1.58. The molecule has 0 aromatic heterocycles. The summed E-state index contributed by atoms with van der Waals surface area (Å²) in [5.41, 5.74) is 6.56. The summed E-state index contributed by atoms with van der Waals surface area (Å²) in [5, 5.41) is 16.1. The molecule has 0 aliphatic carbocycles. The van der Waals surface area contributed by atoms with E-state index in [0.717, 1.165) is 0 Å². The van der Waals surface area contributed by atoms with Crippen LogP contribution in [0.2, 0.25) is 0 Å². The molecular formula is C10H10N4. The maximum Gasteiger partial charge on any atom is 0.153 e. The minimum Gasteiger partial charge on any atom is -0.387 e. The summed E-state index contributed by atoms with van der Waals surface area (Å²) in [6, 6.07) is 8.64. The van der Waals surface area contributed by atoms with Crippen LogP contribution in [-0.2, 0) is 0 Å². The van der Waals surface area contributed by atoms with Crippen molar-refractivity contribution in [2.24, 2.45) is 10.7 Å². The molecular weight excluding hydrogens is 176 g/mol. The van der Waals surface area contributed by atoms with Crippen molar-refractivity contribution < 1.29 is 0 Å². The van der Waals surface area contributed by atoms with Gasteiger partial charge in [-0.25, -0.2) is 4.99 Å². The molecule has 0 bridgehead atoms. The van der Waals surface area contributed by atoms with Crippen molar-refractivity contribution in [2.75, 3.05) is 0 Å². The molecule has 0 unspecified atom stereocenters. The van der Waals surface area contributed by atoms with Gasteiger partial charge in [0.25, 0.3) is 0 Å². The molecule has 0 saturated carbocycles. The van der Waals surface area contributed by atoms with Crippen LogP contribution in [-0.4, -0.2) is 11.7 Å². The lowest BCUT2D eigenvalue weighted by Crippen LogP contribution is -2.09. The Morgan fingerprint density at radius 3 is 2.43 bits per heavy atom. The largest absolute Gasteiger partial charge is 0.387 e. The van der Waals surface area contributed by atoms with Gasteiger partial charge in [0, 0.05) is 5.56 Å². The SMILES string of the molecule is CC(N)=NC(=N)c1ccc(C#N)cc1. The molecule has 0 fully saturated rings. The second kappa shape index (κ2) is 4.19. The summed E-state index contributed by atoms with van der Waals surface area (Å²) in [7, 11) is 0. The van der Waals surface area contributed by atoms with Gasteiger partial charge in [-0.3, -0.25) is 5.41 Å². The van der Waals surface area contributed by atoms with Crippen LogP contribution in [0.5, 0.6) is 0 Å². The van der Waals surface area contributed by atoms with E-state index in [1.165, 1.54) is 0 Å². The number of nitrogens with one attached hydrogen (secondary N) is 1. The van der Waals surface area contributed by atoms with Crippen LogP contribution in [0, 0.1) is 16.7 Å². The maximum atomic E-state index is 8.56. The number of amidine groups is 2. The van der Waals surface area contributed by atoms with Crippen molar-refractivity contribution in [2.45, 2.75) is 6.92 Å². The minimum atomic E-state index is 0.106. The number of benzene rings is 1. The van der Waals surface area contributed by atoms with Crippen molar-refractivity contribution in [1.82, 2.24) is 0 Å². The number of hydrogen-bond acceptors (Lipinski definition) is 2. The van der Waals surface area contributed by atoms with Crippen molar-refractivity contribution in [3.63, 3.8) is 0 Å². The van der Waals surface area contributed by atoms with Gasteiger partial charge in [0.1, 0.15) is 0 Å². The van der Waals surface area contributed by atoms with E-state index in [1.807, 2.05) is 6.07 Å². The number of nitrogens with two attached hydrogens (primary N) is 1. The van der Waals surface area contributed by atoms with Crippen LogP contribution in [0.4, 0.5) is 0 Å². The molecule has 0 aliphatic heterocycles. The molecule has 1 aromatic rings. The number of nitrogens with zero attached hydrogens (tertiary/aromatic N) is 2. The van der Waals surface area contributed by atoms with E-state index in [4.69, 9.17) is 16.4 Å². The molecule has 0 spiro atoms. The van der Waals surface area contributed by atoms with E-state index in [9.17, 15) is 0 Å². The Kier molecular flexibility index (Phi) is 2.97. The zero-order chi connectivity index (χ0) is 10.6. The van der Waals surface area contributed by atoms with E-state index in [-0.39, 0.29) is 5.84 Å². The Bertz CT molecular complexity index is 405. The number of nitriles is 1. The first kappa shape index (κ1) is 9.93. The highest BCUT2D eigenvalue weighted by Crippen LogP contribution is 2.04. The standard InChI is InChI=1S/C10H10N4/c1-7(12)14-10(13)9-4-2-8(6-11)3-5-9/h2-5H,1H3,(H3,12,13,14). The van der Waals surface area contributed by atoms with Crippen LogP contribution < -0.4 is 5.73 Å². The lowest BCUT2D eigenvalue weighted by atomic mass is 10.1. The van der Waals surface area contributed by atoms with Gasteiger partial charge < -0.3 is 5.73 Å². The Morgan fingerprint density at radius 1 is 1.43 bits per heavy atom. The molecule has 4 nitrogen and oxygen atoms in total. The Labute approximate surface area is 82.2 Å². The van der Waals surface area contributed by atoms with Crippen molar-refractivity contribution in [3.05, 3.63) is 35.4 Å². The normalized spacial score (nSPS) is 10.7. The molecule has 3 N–H and O–H groups in total. The zero-order valence-corrected chi connectivity index (χ0v) is 7.78. The summed E-state index contributed by atoms with van der Waals surface area (Å²) in [5.74, 6) is 0.453. The fraction of sp³-hybridized carbons (Fsp3) is 0.100. The van der Waals surface area contributed by atoms with Gasteiger partial charge in [0.15, 0.2) is 5.84 Å². The Hall–Kier alpha value is -2.15. The summed E-state index contributed by atoms with van der Waals surface area (Å²) < 4.78 is 0. The monoisotopic (exact) mass is 186 g/mol. The van der Waals surface area contributed by atoms with Crippen LogP contribution in [0.15, 0.2) is 29.3 Å². The van der Waals surface area contributed by atoms with Gasteiger partial charge in [0.2, 0.25) is 0 Å². The van der Waals surface area contributed by atoms with Gasteiger partial charge in [0.05, 0.1) is 17.5 Å². The third kappa shape index (κ3) is 2.42. The van der Waals surface area contributed by atoms with Gasteiger partial charge in [-0.15, -0.1) is 0 Å². The first-order valence-corrected chi connectivity index (χ1v) is 4.03. The van der Waals surface area contributed by atoms with Gasteiger partial charge in [-0.2, -0.15) is 5.26 Å². The highest BCUT2D eigenvalue weighted by atomic mass is 14.9. The molecule has 1 rings (SSSR count). The summed E-state index contributed by atoms with van der Waals surface area (Å²) in [6.07, 6.45) is 0. The molecule has 4 heteroatoms. The maximum absolute atomic E-state index is 8.56. The number of hydrogen-bond donors (Lipinski definition) is 2. The van der Waals surface area contributed by atoms with Gasteiger partial charge >= 0.3 is 0 Å². The highest BCUT2D eigenvalue weighted by Gasteiger charge is 1.99. The number of aliphatic imine (C=N–C) groups is 1. The summed E-state index contributed by atoms with van der Waals surface area (Å²) in [6.45, 7) is 1.62. The molecule has 0 heterocycles. The second-order valence-corrected chi connectivity index (χ2v) is 2.79. The molecule has 0 saturated heterocycles. The van der Waals surface area contributed by atoms with Crippen LogP contribution in [0.1, 0.15) is 18.1 Å². The smallest absolute Gasteiger partial charge is 0.153 e. The molecule has 1 aromatic carbocycles. The zero-order valence-electron chi connectivity index (χ0n) is 7.78. The average Bonchev–Trinajstić information content (AvgIpc) is 2.17. The third-order valence-electron chi connectivity index (χ3n) is 1.58. The highest BCUT2D eigenvalue weighted by molar-refractivity contribution is 6.03. The Balaban J connectivity index is 2.94. The van der Waals surface area contributed by atoms with E-state index in [1.54, 1.807) is 31.2 Å². The molecule has 0 radical (unpaired) electrons. The van der Waals surface area contributed by atoms with Gasteiger partial charge in [-0.05, 0) is 31.2 Å². The van der Waals surface area contributed by atoms with Gasteiger partial charge in [-0.1, -0.05) is 0 Å². The molecule has 0 aliphatic rings. The minimum absolute atomic E-state index is 0.106. The predicted molar refractivity (Wildman–Crippen MR) is 55.3 cm³/mol. The van der Waals surface area contributed by atoms with E-state index in [0.29, 0.717) is 17.0 Å². The fourth-order valence-corrected chi connectivity index (χ4v) is 0.944. The van der Waals surface area contributed by atoms with E-state index < -0.39 is 0 Å². The quantitative estimate of drug-likeness (QED) is 0.511. The first-order valence-electron chi connectivity index (χ1n) is 4.03. The lowest BCUT2D eigenvalue weighted by molar-refractivity contribution is 1.39. The van der Waals surface area contributed by atoms with Crippen LogP contribution in [0.25, 0.3) is 0 Å². The van der Waals surface area contributed by atoms with E-state index in [2.05, 4.69) is 4.99 Å². The topological polar surface area (TPSA) is 86.0 Å². The first-order chi connectivity index (χ1) is 6.63. The second-order valence-electron chi connectivity index (χ2n) is 2.79. The summed E-state index contributed by atoms with van der Waals surface area (Å²) in [4.78, 5) is 3.80. The van der Waals surface area contributed by atoms with E-state index >= 15 is 0 Å². The predicted octanol–water partition coefficient (Wildman–Crippen LogP) is 1.26. The number of rotatable bonds is 1. The fourth-order valence-electron chi connectivity index (χ4n) is 0.944. The van der Waals surface area contributed by atoms with Crippen molar-refractivity contribution in [1.29, 1.82) is 10.7 Å². The lowest BCUT2D eigenvalue weighted by Gasteiger charge is -1.98. The van der Waals surface area contributed by atoms with Crippen molar-refractivity contribution >= 4 is 11.7 Å². The summed E-state index contributed by atoms with van der Waals surface area (Å²) >= 11 is 0. The van der Waals surface area contributed by atoms with Crippen molar-refractivity contribution in [3.8, 4) is 6.07 Å².